The molecule has 2 N–H and O–H groups in total. The number of halogens is 1. The van der Waals surface area contributed by atoms with Gasteiger partial charge in [0.05, 0.1) is 17.2 Å². The Morgan fingerprint density at radius 1 is 1.33 bits per heavy atom. The van der Waals surface area contributed by atoms with E-state index in [2.05, 4.69) is 37.5 Å². The molecule has 3 rings (SSSR count). The fraction of sp³-hybridized carbons (Fsp3) is 0.167. The third-order valence-corrected chi connectivity index (χ3v) is 4.78. The summed E-state index contributed by atoms with van der Waals surface area (Å²) >= 11 is 5.17. The number of aromatic nitrogens is 2. The van der Waals surface area contributed by atoms with Crippen LogP contribution < -0.4 is 5.32 Å². The molecule has 1 aromatic carbocycles. The van der Waals surface area contributed by atoms with Gasteiger partial charge in [-0.1, -0.05) is 34.1 Å². The van der Waals surface area contributed by atoms with E-state index in [1.807, 2.05) is 18.2 Å². The first-order chi connectivity index (χ1) is 8.75. The zero-order chi connectivity index (χ0) is 12.5. The zero-order valence-electron chi connectivity index (χ0n) is 9.31. The summed E-state index contributed by atoms with van der Waals surface area (Å²) in [5.74, 6) is 1.14. The average Bonchev–Trinajstić information content (AvgIpc) is 2.74. The summed E-state index contributed by atoms with van der Waals surface area (Å²) in [7, 11) is 0. The Kier molecular flexibility index (Phi) is 3.13. The monoisotopic (exact) mass is 323 g/mol. The second-order valence-corrected chi connectivity index (χ2v) is 5.91. The second kappa shape index (κ2) is 4.78. The maximum Gasteiger partial charge on any atom is 0.235 e. The van der Waals surface area contributed by atoms with Gasteiger partial charge in [-0.3, -0.25) is 9.89 Å². The Hall–Kier alpha value is -1.27. The molecular weight excluding hydrogens is 314 g/mol. The van der Waals surface area contributed by atoms with Gasteiger partial charge >= 0.3 is 0 Å². The molecule has 18 heavy (non-hydrogen) atoms. The first kappa shape index (κ1) is 11.8. The van der Waals surface area contributed by atoms with E-state index in [1.165, 1.54) is 0 Å². The van der Waals surface area contributed by atoms with Gasteiger partial charge in [0.2, 0.25) is 5.91 Å². The number of amides is 1. The van der Waals surface area contributed by atoms with Crippen molar-refractivity contribution >= 4 is 39.4 Å². The van der Waals surface area contributed by atoms with E-state index >= 15 is 0 Å². The number of H-pyrrole nitrogens is 1. The highest BCUT2D eigenvalue weighted by molar-refractivity contribution is 9.10. The Bertz CT molecular complexity index is 599. The lowest BCUT2D eigenvalue weighted by Gasteiger charge is -2.15. The van der Waals surface area contributed by atoms with Crippen molar-refractivity contribution in [1.29, 1.82) is 0 Å². The minimum Gasteiger partial charge on any atom is -0.310 e. The van der Waals surface area contributed by atoms with E-state index < -0.39 is 0 Å². The molecule has 0 fully saturated rings. The summed E-state index contributed by atoms with van der Waals surface area (Å²) in [5.41, 5.74) is 2.17. The standard InChI is InChI=1S/C12H10BrN3OS/c13-9-4-2-1-3-7(9)11-8-5-14-16-12(8)15-10(17)6-18-11/h1-5,11H,6H2,(H2,14,15,16,17). The van der Waals surface area contributed by atoms with E-state index in [9.17, 15) is 4.79 Å². The topological polar surface area (TPSA) is 57.8 Å². The van der Waals surface area contributed by atoms with Crippen molar-refractivity contribution in [2.75, 3.05) is 11.1 Å². The SMILES string of the molecule is O=C1CSC(c2ccccc2Br)c2cn[nH]c2N1. The molecule has 92 valence electrons. The van der Waals surface area contributed by atoms with Gasteiger partial charge in [0.15, 0.2) is 0 Å². The Morgan fingerprint density at radius 3 is 3.00 bits per heavy atom. The quantitative estimate of drug-likeness (QED) is 0.848. The lowest BCUT2D eigenvalue weighted by atomic mass is 10.1. The number of carbonyl (C=O) groups excluding carboxylic acids is 1. The maximum atomic E-state index is 11.6. The number of nitrogens with zero attached hydrogens (tertiary/aromatic N) is 1. The highest BCUT2D eigenvalue weighted by atomic mass is 79.9. The molecule has 0 saturated heterocycles. The highest BCUT2D eigenvalue weighted by Crippen LogP contribution is 2.42. The largest absolute Gasteiger partial charge is 0.310 e. The van der Waals surface area contributed by atoms with Crippen LogP contribution in [0.5, 0.6) is 0 Å². The molecule has 4 nitrogen and oxygen atoms in total. The molecule has 0 spiro atoms. The minimum absolute atomic E-state index is 0.0000496. The summed E-state index contributed by atoms with van der Waals surface area (Å²) < 4.78 is 1.05. The molecule has 2 heterocycles. The van der Waals surface area contributed by atoms with E-state index in [0.717, 1.165) is 15.6 Å². The van der Waals surface area contributed by atoms with Crippen LogP contribution >= 0.6 is 27.7 Å². The van der Waals surface area contributed by atoms with Crippen LogP contribution in [-0.2, 0) is 4.79 Å². The number of rotatable bonds is 1. The van der Waals surface area contributed by atoms with Crippen molar-refractivity contribution in [1.82, 2.24) is 10.2 Å². The third kappa shape index (κ3) is 2.06. The average molecular weight is 324 g/mol. The fourth-order valence-corrected chi connectivity index (χ4v) is 3.76. The van der Waals surface area contributed by atoms with Crippen LogP contribution in [0.4, 0.5) is 5.82 Å². The van der Waals surface area contributed by atoms with Gasteiger partial charge < -0.3 is 5.32 Å². The van der Waals surface area contributed by atoms with Gasteiger partial charge in [-0.25, -0.2) is 0 Å². The molecule has 1 atom stereocenters. The number of aromatic amines is 1. The van der Waals surface area contributed by atoms with E-state index in [-0.39, 0.29) is 11.2 Å². The predicted molar refractivity (Wildman–Crippen MR) is 75.7 cm³/mol. The maximum absolute atomic E-state index is 11.6. The van der Waals surface area contributed by atoms with Gasteiger partial charge in [0, 0.05) is 10.0 Å². The molecule has 0 saturated carbocycles. The number of hydrogen-bond donors (Lipinski definition) is 2. The molecule has 1 aliphatic heterocycles. The van der Waals surface area contributed by atoms with Crippen molar-refractivity contribution in [2.24, 2.45) is 0 Å². The fourth-order valence-electron chi connectivity index (χ4n) is 1.96. The number of nitrogens with one attached hydrogen (secondary N) is 2. The molecule has 1 aromatic heterocycles. The van der Waals surface area contributed by atoms with Crippen LogP contribution in [0.2, 0.25) is 0 Å². The Morgan fingerprint density at radius 2 is 2.17 bits per heavy atom. The Labute approximate surface area is 117 Å². The lowest BCUT2D eigenvalue weighted by Crippen LogP contribution is -2.12. The van der Waals surface area contributed by atoms with Crippen molar-refractivity contribution < 1.29 is 4.79 Å². The summed E-state index contributed by atoms with van der Waals surface area (Å²) in [6.07, 6.45) is 1.78. The van der Waals surface area contributed by atoms with Gasteiger partial charge in [-0.15, -0.1) is 11.8 Å². The van der Waals surface area contributed by atoms with Crippen LogP contribution in [0.3, 0.4) is 0 Å². The van der Waals surface area contributed by atoms with E-state index in [4.69, 9.17) is 0 Å². The van der Waals surface area contributed by atoms with Gasteiger partial charge in [0.1, 0.15) is 5.82 Å². The van der Waals surface area contributed by atoms with Crippen LogP contribution in [-0.4, -0.2) is 21.9 Å². The zero-order valence-corrected chi connectivity index (χ0v) is 11.7. The normalized spacial score (nSPS) is 18.9. The first-order valence-electron chi connectivity index (χ1n) is 5.45. The number of anilines is 1. The van der Waals surface area contributed by atoms with Crippen molar-refractivity contribution in [3.05, 3.63) is 46.1 Å². The lowest BCUT2D eigenvalue weighted by molar-refractivity contribution is -0.113. The summed E-state index contributed by atoms with van der Waals surface area (Å²) in [6, 6.07) is 8.05. The predicted octanol–water partition coefficient (Wildman–Crippen LogP) is 2.95. The Balaban J connectivity index is 2.08. The number of fused-ring (bicyclic) bond motifs is 1. The van der Waals surface area contributed by atoms with Gasteiger partial charge in [-0.2, -0.15) is 5.10 Å². The molecule has 1 unspecified atom stereocenters. The van der Waals surface area contributed by atoms with Crippen LogP contribution in [0.1, 0.15) is 16.4 Å². The highest BCUT2D eigenvalue weighted by Gasteiger charge is 2.26. The van der Waals surface area contributed by atoms with Gasteiger partial charge in [0.25, 0.3) is 0 Å². The summed E-state index contributed by atoms with van der Waals surface area (Å²) in [5, 5.41) is 9.79. The van der Waals surface area contributed by atoms with Crippen molar-refractivity contribution in [3.8, 4) is 0 Å². The molecule has 1 amide bonds. The second-order valence-electron chi connectivity index (χ2n) is 3.96. The van der Waals surface area contributed by atoms with Crippen molar-refractivity contribution in [3.63, 3.8) is 0 Å². The molecule has 0 radical (unpaired) electrons. The van der Waals surface area contributed by atoms with Gasteiger partial charge in [-0.05, 0) is 11.6 Å². The summed E-state index contributed by atoms with van der Waals surface area (Å²) in [6.45, 7) is 0. The molecule has 0 bridgehead atoms. The van der Waals surface area contributed by atoms with E-state index in [0.29, 0.717) is 11.6 Å². The van der Waals surface area contributed by atoms with Crippen LogP contribution in [0.15, 0.2) is 34.9 Å². The minimum atomic E-state index is 0.0000496. The third-order valence-electron chi connectivity index (χ3n) is 2.78. The number of thioether (sulfide) groups is 1. The molecule has 0 aliphatic carbocycles. The number of carbonyl (C=O) groups is 1. The van der Waals surface area contributed by atoms with Crippen LogP contribution in [0.25, 0.3) is 0 Å². The van der Waals surface area contributed by atoms with E-state index in [1.54, 1.807) is 18.0 Å². The summed E-state index contributed by atoms with van der Waals surface area (Å²) in [4.78, 5) is 11.6. The number of hydrogen-bond acceptors (Lipinski definition) is 3. The smallest absolute Gasteiger partial charge is 0.235 e. The number of benzene rings is 1. The first-order valence-corrected chi connectivity index (χ1v) is 7.29. The molecular formula is C12H10BrN3OS. The van der Waals surface area contributed by atoms with Crippen LogP contribution in [0, 0.1) is 0 Å². The molecule has 2 aromatic rings. The molecule has 1 aliphatic rings. The van der Waals surface area contributed by atoms with Crippen molar-refractivity contribution in [2.45, 2.75) is 5.25 Å². The molecule has 6 heteroatoms.